The molecule has 5 heteroatoms. The molecule has 0 spiro atoms. The smallest absolute Gasteiger partial charge is 0.170 e. The molecule has 1 saturated heterocycles. The zero-order valence-electron chi connectivity index (χ0n) is 10.7. The SMILES string of the molecule is CN(CC1CCOCC1)c1nccc(CN)c1F. The van der Waals surface area contributed by atoms with Gasteiger partial charge < -0.3 is 15.4 Å². The highest BCUT2D eigenvalue weighted by Crippen LogP contribution is 2.22. The molecule has 2 heterocycles. The maximum absolute atomic E-state index is 14.1. The normalized spacial score (nSPS) is 16.8. The molecule has 1 fully saturated rings. The van der Waals surface area contributed by atoms with Gasteiger partial charge in [0.15, 0.2) is 11.6 Å². The monoisotopic (exact) mass is 253 g/mol. The average Bonchev–Trinajstić information content (AvgIpc) is 2.40. The summed E-state index contributed by atoms with van der Waals surface area (Å²) in [6.07, 6.45) is 3.67. The molecule has 1 aliphatic heterocycles. The molecule has 0 aromatic carbocycles. The average molecular weight is 253 g/mol. The zero-order chi connectivity index (χ0) is 13.0. The minimum Gasteiger partial charge on any atom is -0.381 e. The minimum atomic E-state index is -0.297. The Bertz CT molecular complexity index is 394. The first kappa shape index (κ1) is 13.2. The van der Waals surface area contributed by atoms with E-state index in [1.54, 1.807) is 12.3 Å². The summed E-state index contributed by atoms with van der Waals surface area (Å²) >= 11 is 0. The Morgan fingerprint density at radius 3 is 2.89 bits per heavy atom. The second-order valence-corrected chi connectivity index (χ2v) is 4.75. The standard InChI is InChI=1S/C13H20FN3O/c1-17(9-10-3-6-18-7-4-10)13-12(14)11(8-15)2-5-16-13/h2,5,10H,3-4,6-9,15H2,1H3. The van der Waals surface area contributed by atoms with Gasteiger partial charge in [0, 0.05) is 45.1 Å². The predicted molar refractivity (Wildman–Crippen MR) is 68.9 cm³/mol. The Labute approximate surface area is 107 Å². The third-order valence-electron chi connectivity index (χ3n) is 3.41. The highest BCUT2D eigenvalue weighted by atomic mass is 19.1. The van der Waals surface area contributed by atoms with Crippen LogP contribution in [0.1, 0.15) is 18.4 Å². The van der Waals surface area contributed by atoms with Gasteiger partial charge in [0.05, 0.1) is 0 Å². The van der Waals surface area contributed by atoms with Gasteiger partial charge in [0.2, 0.25) is 0 Å². The number of anilines is 1. The maximum Gasteiger partial charge on any atom is 0.170 e. The molecule has 100 valence electrons. The largest absolute Gasteiger partial charge is 0.381 e. The summed E-state index contributed by atoms with van der Waals surface area (Å²) in [6.45, 7) is 2.61. The molecule has 0 radical (unpaired) electrons. The summed E-state index contributed by atoms with van der Waals surface area (Å²) in [5.74, 6) is 0.644. The first-order valence-corrected chi connectivity index (χ1v) is 6.34. The third kappa shape index (κ3) is 2.97. The van der Waals surface area contributed by atoms with E-state index in [0.717, 1.165) is 32.6 Å². The molecule has 18 heavy (non-hydrogen) atoms. The van der Waals surface area contributed by atoms with E-state index in [1.807, 2.05) is 11.9 Å². The number of rotatable bonds is 4. The molecule has 0 unspecified atom stereocenters. The van der Waals surface area contributed by atoms with Crippen molar-refractivity contribution in [3.05, 3.63) is 23.6 Å². The molecule has 0 bridgehead atoms. The number of nitrogens with two attached hydrogens (primary N) is 1. The lowest BCUT2D eigenvalue weighted by Gasteiger charge is -2.28. The van der Waals surface area contributed by atoms with Crippen LogP contribution >= 0.6 is 0 Å². The van der Waals surface area contributed by atoms with Crippen molar-refractivity contribution in [2.75, 3.05) is 31.7 Å². The van der Waals surface area contributed by atoms with Crippen LogP contribution in [0.4, 0.5) is 10.2 Å². The topological polar surface area (TPSA) is 51.4 Å². The van der Waals surface area contributed by atoms with E-state index in [1.165, 1.54) is 0 Å². The zero-order valence-corrected chi connectivity index (χ0v) is 10.7. The Kier molecular flexibility index (Phi) is 4.49. The number of ether oxygens (including phenoxy) is 1. The summed E-state index contributed by atoms with van der Waals surface area (Å²) in [6, 6.07) is 1.63. The van der Waals surface area contributed by atoms with E-state index >= 15 is 0 Å². The van der Waals surface area contributed by atoms with Crippen molar-refractivity contribution < 1.29 is 9.13 Å². The molecule has 2 N–H and O–H groups in total. The fourth-order valence-corrected chi connectivity index (χ4v) is 2.30. The summed E-state index contributed by atoms with van der Waals surface area (Å²) in [5.41, 5.74) is 6.01. The van der Waals surface area contributed by atoms with Gasteiger partial charge in [-0.25, -0.2) is 9.37 Å². The highest BCUT2D eigenvalue weighted by Gasteiger charge is 2.19. The summed E-state index contributed by atoms with van der Waals surface area (Å²) in [7, 11) is 1.88. The third-order valence-corrected chi connectivity index (χ3v) is 3.41. The van der Waals surface area contributed by atoms with E-state index in [2.05, 4.69) is 4.98 Å². The fourth-order valence-electron chi connectivity index (χ4n) is 2.30. The van der Waals surface area contributed by atoms with E-state index < -0.39 is 0 Å². The van der Waals surface area contributed by atoms with Gasteiger partial charge in [-0.3, -0.25) is 0 Å². The lowest BCUT2D eigenvalue weighted by molar-refractivity contribution is 0.0684. The Hall–Kier alpha value is -1.20. The molecule has 0 saturated carbocycles. The van der Waals surface area contributed by atoms with Crippen LogP contribution in [0.3, 0.4) is 0 Å². The van der Waals surface area contributed by atoms with Gasteiger partial charge >= 0.3 is 0 Å². The lowest BCUT2D eigenvalue weighted by Crippen LogP contribution is -2.30. The first-order chi connectivity index (χ1) is 8.72. The van der Waals surface area contributed by atoms with Crippen molar-refractivity contribution in [1.29, 1.82) is 0 Å². The van der Waals surface area contributed by atoms with Gasteiger partial charge in [-0.05, 0) is 24.8 Å². The van der Waals surface area contributed by atoms with Crippen molar-refractivity contribution in [2.24, 2.45) is 11.7 Å². The second-order valence-electron chi connectivity index (χ2n) is 4.75. The van der Waals surface area contributed by atoms with E-state index in [0.29, 0.717) is 17.3 Å². The molecule has 0 atom stereocenters. The number of pyridine rings is 1. The predicted octanol–water partition coefficient (Wildman–Crippen LogP) is 1.54. The van der Waals surface area contributed by atoms with Crippen molar-refractivity contribution in [2.45, 2.75) is 19.4 Å². The molecule has 0 aliphatic carbocycles. The molecular weight excluding hydrogens is 233 g/mol. The summed E-state index contributed by atoms with van der Waals surface area (Å²) in [5, 5.41) is 0. The molecule has 1 aromatic rings. The van der Waals surface area contributed by atoms with Gasteiger partial charge in [0.25, 0.3) is 0 Å². The van der Waals surface area contributed by atoms with Gasteiger partial charge in [0.1, 0.15) is 0 Å². The molecule has 2 rings (SSSR count). The van der Waals surface area contributed by atoms with Crippen LogP contribution < -0.4 is 10.6 Å². The van der Waals surface area contributed by atoms with E-state index in [4.69, 9.17) is 10.5 Å². The molecule has 4 nitrogen and oxygen atoms in total. The number of hydrogen-bond acceptors (Lipinski definition) is 4. The Balaban J connectivity index is 2.05. The molecular formula is C13H20FN3O. The van der Waals surface area contributed by atoms with Crippen LogP contribution in [0, 0.1) is 11.7 Å². The van der Waals surface area contributed by atoms with Gasteiger partial charge in [-0.2, -0.15) is 0 Å². The number of nitrogens with zero attached hydrogens (tertiary/aromatic N) is 2. The van der Waals surface area contributed by atoms with Crippen LogP contribution in [0.5, 0.6) is 0 Å². The van der Waals surface area contributed by atoms with Crippen LogP contribution in [0.25, 0.3) is 0 Å². The molecule has 1 aliphatic rings. The molecule has 1 aromatic heterocycles. The molecule has 0 amide bonds. The van der Waals surface area contributed by atoms with Crippen molar-refractivity contribution in [3.8, 4) is 0 Å². The Morgan fingerprint density at radius 2 is 2.22 bits per heavy atom. The summed E-state index contributed by atoms with van der Waals surface area (Å²) in [4.78, 5) is 6.00. The van der Waals surface area contributed by atoms with Crippen LogP contribution in [-0.2, 0) is 11.3 Å². The number of aromatic nitrogens is 1. The Morgan fingerprint density at radius 1 is 1.50 bits per heavy atom. The van der Waals surface area contributed by atoms with Gasteiger partial charge in [-0.1, -0.05) is 0 Å². The van der Waals surface area contributed by atoms with Gasteiger partial charge in [-0.15, -0.1) is 0 Å². The fraction of sp³-hybridized carbons (Fsp3) is 0.615. The number of hydrogen-bond donors (Lipinski definition) is 1. The maximum atomic E-state index is 14.1. The highest BCUT2D eigenvalue weighted by molar-refractivity contribution is 5.42. The lowest BCUT2D eigenvalue weighted by atomic mass is 10.00. The van der Waals surface area contributed by atoms with E-state index in [9.17, 15) is 4.39 Å². The van der Waals surface area contributed by atoms with Crippen molar-refractivity contribution in [3.63, 3.8) is 0 Å². The van der Waals surface area contributed by atoms with Crippen LogP contribution in [0.15, 0.2) is 12.3 Å². The van der Waals surface area contributed by atoms with Crippen LogP contribution in [-0.4, -0.2) is 31.8 Å². The van der Waals surface area contributed by atoms with Crippen LogP contribution in [0.2, 0.25) is 0 Å². The quantitative estimate of drug-likeness (QED) is 0.884. The number of halogens is 1. The first-order valence-electron chi connectivity index (χ1n) is 6.34. The second kappa shape index (κ2) is 6.11. The van der Waals surface area contributed by atoms with Crippen molar-refractivity contribution >= 4 is 5.82 Å². The summed E-state index contributed by atoms with van der Waals surface area (Å²) < 4.78 is 19.4. The minimum absolute atomic E-state index is 0.201. The van der Waals surface area contributed by atoms with E-state index in [-0.39, 0.29) is 12.4 Å². The van der Waals surface area contributed by atoms with Crippen molar-refractivity contribution in [1.82, 2.24) is 4.98 Å².